The zero-order valence-corrected chi connectivity index (χ0v) is 18.6. The summed E-state index contributed by atoms with van der Waals surface area (Å²) in [7, 11) is -4.02. The number of nitro benzene ring substituents is 1. The largest absolute Gasteiger partial charge is 0.337 e. The zero-order valence-electron chi connectivity index (χ0n) is 17.7. The van der Waals surface area contributed by atoms with E-state index in [0.29, 0.717) is 0 Å². The van der Waals surface area contributed by atoms with E-state index in [-0.39, 0.29) is 37.0 Å². The van der Waals surface area contributed by atoms with Crippen molar-refractivity contribution in [1.29, 1.82) is 0 Å². The van der Waals surface area contributed by atoms with Crippen molar-refractivity contribution in [3.63, 3.8) is 0 Å². The number of amides is 1. The third-order valence-corrected chi connectivity index (χ3v) is 7.46. The van der Waals surface area contributed by atoms with Crippen LogP contribution in [-0.4, -0.2) is 54.6 Å². The highest BCUT2D eigenvalue weighted by atomic mass is 32.2. The summed E-state index contributed by atoms with van der Waals surface area (Å²) in [4.78, 5) is 24.3. The molecule has 1 amide bonds. The molecule has 2 aromatic rings. The quantitative estimate of drug-likeness (QED) is 0.402. The predicted molar refractivity (Wildman–Crippen MR) is 118 cm³/mol. The molecular weight excluding hydrogens is 418 g/mol. The van der Waals surface area contributed by atoms with Gasteiger partial charge in [-0.3, -0.25) is 14.9 Å². The van der Waals surface area contributed by atoms with E-state index in [1.165, 1.54) is 40.2 Å². The lowest BCUT2D eigenvalue weighted by Crippen LogP contribution is -2.50. The minimum Gasteiger partial charge on any atom is -0.337 e. The van der Waals surface area contributed by atoms with Gasteiger partial charge in [0.2, 0.25) is 15.9 Å². The second kappa shape index (κ2) is 8.99. The third-order valence-electron chi connectivity index (χ3n) is 5.52. The van der Waals surface area contributed by atoms with E-state index < -0.39 is 20.6 Å². The van der Waals surface area contributed by atoms with Crippen molar-refractivity contribution >= 4 is 27.7 Å². The van der Waals surface area contributed by atoms with Gasteiger partial charge in [-0.15, -0.1) is 0 Å². The van der Waals surface area contributed by atoms with Gasteiger partial charge in [0, 0.05) is 38.3 Å². The van der Waals surface area contributed by atoms with Crippen LogP contribution in [0.15, 0.2) is 47.4 Å². The summed E-state index contributed by atoms with van der Waals surface area (Å²) < 4.78 is 27.0. The summed E-state index contributed by atoms with van der Waals surface area (Å²) in [5.74, 6) is -0.194. The van der Waals surface area contributed by atoms with Gasteiger partial charge in [0.25, 0.3) is 5.69 Å². The van der Waals surface area contributed by atoms with Gasteiger partial charge in [-0.25, -0.2) is 8.42 Å². The molecule has 1 aliphatic heterocycles. The Kier molecular flexibility index (Phi) is 6.56. The third kappa shape index (κ3) is 4.83. The Morgan fingerprint density at radius 3 is 2.26 bits per heavy atom. The second-order valence-electron chi connectivity index (χ2n) is 7.58. The van der Waals surface area contributed by atoms with Crippen LogP contribution in [0.5, 0.6) is 0 Å². The highest BCUT2D eigenvalue weighted by Crippen LogP contribution is 2.27. The summed E-state index contributed by atoms with van der Waals surface area (Å²) in [6, 6.07) is 9.40. The number of nitro groups is 1. The fourth-order valence-electron chi connectivity index (χ4n) is 3.54. The molecule has 1 saturated heterocycles. The zero-order chi connectivity index (χ0) is 22.8. The predicted octanol–water partition coefficient (Wildman–Crippen LogP) is 3.07. The number of aryl methyl sites for hydroxylation is 3. The Bertz CT molecular complexity index is 1150. The first-order valence-corrected chi connectivity index (χ1v) is 11.3. The van der Waals surface area contributed by atoms with Gasteiger partial charge < -0.3 is 4.90 Å². The van der Waals surface area contributed by atoms with E-state index >= 15 is 0 Å². The number of nitrogens with zero attached hydrogens (tertiary/aromatic N) is 3. The SMILES string of the molecule is Cc1cc(C)c(/C=C/C(=O)N2CCN(S(=O)(=O)c3ccccc3[N+](=O)[O-])CC2)cc1C. The number of hydrogen-bond donors (Lipinski definition) is 0. The molecule has 0 saturated carbocycles. The van der Waals surface area contributed by atoms with Gasteiger partial charge in [-0.1, -0.05) is 24.3 Å². The van der Waals surface area contributed by atoms with Gasteiger partial charge in [-0.05, 0) is 55.2 Å². The maximum atomic E-state index is 12.9. The van der Waals surface area contributed by atoms with Crippen molar-refractivity contribution in [1.82, 2.24) is 9.21 Å². The number of carbonyl (C=O) groups excluding carboxylic acids is 1. The van der Waals surface area contributed by atoms with Gasteiger partial charge >= 0.3 is 0 Å². The number of para-hydroxylation sites is 1. The lowest BCUT2D eigenvalue weighted by atomic mass is 10.0. The van der Waals surface area contributed by atoms with Gasteiger partial charge in [0.1, 0.15) is 0 Å². The van der Waals surface area contributed by atoms with Crippen molar-refractivity contribution in [3.8, 4) is 0 Å². The molecular formula is C22H25N3O5S. The fourth-order valence-corrected chi connectivity index (χ4v) is 5.12. The molecule has 9 heteroatoms. The highest BCUT2D eigenvalue weighted by Gasteiger charge is 2.34. The molecule has 0 bridgehead atoms. The first-order valence-electron chi connectivity index (χ1n) is 9.89. The number of piperazine rings is 1. The van der Waals surface area contributed by atoms with Gasteiger partial charge in [0.15, 0.2) is 4.90 Å². The number of sulfonamides is 1. The van der Waals surface area contributed by atoms with Crippen LogP contribution in [0.25, 0.3) is 6.08 Å². The molecule has 0 radical (unpaired) electrons. The summed E-state index contributed by atoms with van der Waals surface area (Å²) in [6.45, 7) is 6.64. The van der Waals surface area contributed by atoms with Crippen LogP contribution in [0, 0.1) is 30.9 Å². The van der Waals surface area contributed by atoms with E-state index in [1.54, 1.807) is 11.0 Å². The van der Waals surface area contributed by atoms with Crippen LogP contribution in [0.3, 0.4) is 0 Å². The number of rotatable bonds is 5. The smallest absolute Gasteiger partial charge is 0.289 e. The van der Waals surface area contributed by atoms with Crippen molar-refractivity contribution in [2.75, 3.05) is 26.2 Å². The molecule has 0 N–H and O–H groups in total. The minimum absolute atomic E-state index is 0.0800. The van der Waals surface area contributed by atoms with Gasteiger partial charge in [-0.2, -0.15) is 4.31 Å². The van der Waals surface area contributed by atoms with E-state index in [2.05, 4.69) is 6.07 Å². The topological polar surface area (TPSA) is 101 Å². The summed E-state index contributed by atoms with van der Waals surface area (Å²) >= 11 is 0. The van der Waals surface area contributed by atoms with Crippen LogP contribution in [0.1, 0.15) is 22.3 Å². The van der Waals surface area contributed by atoms with Crippen LogP contribution in [0.2, 0.25) is 0 Å². The van der Waals surface area contributed by atoms with Crippen molar-refractivity contribution < 1.29 is 18.1 Å². The Labute approximate surface area is 182 Å². The second-order valence-corrected chi connectivity index (χ2v) is 9.49. The Morgan fingerprint density at radius 2 is 1.61 bits per heavy atom. The fraction of sp³-hybridized carbons (Fsp3) is 0.318. The Morgan fingerprint density at radius 1 is 1.00 bits per heavy atom. The molecule has 0 unspecified atom stereocenters. The molecule has 1 heterocycles. The monoisotopic (exact) mass is 443 g/mol. The molecule has 1 fully saturated rings. The number of hydrogen-bond acceptors (Lipinski definition) is 5. The Hall–Kier alpha value is -3.04. The molecule has 0 atom stereocenters. The summed E-state index contributed by atoms with van der Waals surface area (Å²) in [5.41, 5.74) is 3.93. The molecule has 2 aromatic carbocycles. The van der Waals surface area contributed by atoms with Crippen molar-refractivity contribution in [3.05, 3.63) is 74.8 Å². The van der Waals surface area contributed by atoms with Crippen LogP contribution in [0.4, 0.5) is 5.69 Å². The summed E-state index contributed by atoms with van der Waals surface area (Å²) in [6.07, 6.45) is 3.28. The van der Waals surface area contributed by atoms with E-state index in [1.807, 2.05) is 26.8 Å². The van der Waals surface area contributed by atoms with Crippen LogP contribution >= 0.6 is 0 Å². The lowest BCUT2D eigenvalue weighted by Gasteiger charge is -2.33. The average molecular weight is 444 g/mol. The lowest BCUT2D eigenvalue weighted by molar-refractivity contribution is -0.387. The van der Waals surface area contributed by atoms with E-state index in [4.69, 9.17) is 0 Å². The van der Waals surface area contributed by atoms with Crippen molar-refractivity contribution in [2.24, 2.45) is 0 Å². The molecule has 1 aliphatic rings. The summed E-state index contributed by atoms with van der Waals surface area (Å²) in [5, 5.41) is 11.2. The normalized spacial score (nSPS) is 15.4. The molecule has 0 aliphatic carbocycles. The maximum absolute atomic E-state index is 12.9. The van der Waals surface area contributed by atoms with Crippen LogP contribution < -0.4 is 0 Å². The maximum Gasteiger partial charge on any atom is 0.289 e. The first kappa shape index (κ1) is 22.6. The molecule has 3 rings (SSSR count). The Balaban J connectivity index is 1.69. The average Bonchev–Trinajstić information content (AvgIpc) is 2.75. The van der Waals surface area contributed by atoms with E-state index in [0.717, 1.165) is 16.7 Å². The first-order chi connectivity index (χ1) is 14.6. The molecule has 0 spiro atoms. The van der Waals surface area contributed by atoms with Gasteiger partial charge in [0.05, 0.1) is 4.92 Å². The molecule has 31 heavy (non-hydrogen) atoms. The highest BCUT2D eigenvalue weighted by molar-refractivity contribution is 7.89. The number of carbonyl (C=O) groups is 1. The van der Waals surface area contributed by atoms with Crippen molar-refractivity contribution in [2.45, 2.75) is 25.7 Å². The molecule has 0 aromatic heterocycles. The molecule has 8 nitrogen and oxygen atoms in total. The molecule has 164 valence electrons. The number of benzene rings is 2. The minimum atomic E-state index is -4.02. The standard InChI is InChI=1S/C22H25N3O5S/c1-16-14-18(3)19(15-17(16)2)8-9-22(26)23-10-12-24(13-11-23)31(29,30)21-7-5-4-6-20(21)25(27)28/h4-9,14-15H,10-13H2,1-3H3/b9-8+. The van der Waals surface area contributed by atoms with E-state index in [9.17, 15) is 23.3 Å². The van der Waals surface area contributed by atoms with Crippen LogP contribution in [-0.2, 0) is 14.8 Å².